The molecule has 3 aromatic heterocycles. The highest BCUT2D eigenvalue weighted by molar-refractivity contribution is 5.67. The topological polar surface area (TPSA) is 110 Å². The number of nitrogens with zero attached hydrogens (tertiary/aromatic N) is 4. The number of pyridine rings is 1. The van der Waals surface area contributed by atoms with E-state index in [1.54, 1.807) is 6.20 Å². The van der Waals surface area contributed by atoms with Crippen LogP contribution in [0.5, 0.6) is 0 Å². The zero-order valence-corrected chi connectivity index (χ0v) is 17.4. The van der Waals surface area contributed by atoms with Crippen LogP contribution in [0.1, 0.15) is 50.3 Å². The Morgan fingerprint density at radius 1 is 1.30 bits per heavy atom. The summed E-state index contributed by atoms with van der Waals surface area (Å²) < 4.78 is 7.33. The summed E-state index contributed by atoms with van der Waals surface area (Å²) in [6.45, 7) is 5.83. The Morgan fingerprint density at radius 3 is 2.93 bits per heavy atom. The number of aryl methyl sites for hydroxylation is 1. The number of carbonyl (C=O) groups is 1. The summed E-state index contributed by atoms with van der Waals surface area (Å²) in [6.07, 6.45) is 7.71. The molecule has 0 aliphatic heterocycles. The Morgan fingerprint density at radius 2 is 2.17 bits per heavy atom. The molecule has 3 aromatic rings. The SMILES string of the molecule is Cc1cnn(-c2ccnc(Nc3cc([C@@H]4CC[C@H](OC(=O)NC(C)C)C4)[nH]n3)c2)c1. The standard InChI is InChI=1S/C21H27N7O2/c1-13(2)24-21(29)30-17-5-4-15(8-17)18-10-20(27-26-18)25-19-9-16(6-7-22-19)28-12-14(3)11-23-28/h6-7,9-13,15,17H,4-5,8H2,1-3H3,(H,24,29)(H2,22,25,26,27)/t15-,17+/m1/s1. The second kappa shape index (κ2) is 8.56. The molecule has 0 saturated heterocycles. The van der Waals surface area contributed by atoms with Crippen molar-refractivity contribution in [1.29, 1.82) is 0 Å². The van der Waals surface area contributed by atoms with Crippen molar-refractivity contribution in [3.05, 3.63) is 48.0 Å². The van der Waals surface area contributed by atoms with Crippen LogP contribution < -0.4 is 10.6 Å². The first-order valence-corrected chi connectivity index (χ1v) is 10.2. The predicted molar refractivity (Wildman–Crippen MR) is 113 cm³/mol. The van der Waals surface area contributed by atoms with E-state index >= 15 is 0 Å². The van der Waals surface area contributed by atoms with Crippen molar-refractivity contribution in [3.8, 4) is 5.69 Å². The van der Waals surface area contributed by atoms with E-state index in [0.29, 0.717) is 11.6 Å². The summed E-state index contributed by atoms with van der Waals surface area (Å²) >= 11 is 0. The molecule has 1 fully saturated rings. The minimum atomic E-state index is -0.346. The summed E-state index contributed by atoms with van der Waals surface area (Å²) in [4.78, 5) is 16.2. The van der Waals surface area contributed by atoms with Gasteiger partial charge in [-0.2, -0.15) is 10.2 Å². The molecule has 2 atom stereocenters. The van der Waals surface area contributed by atoms with Gasteiger partial charge in [0.2, 0.25) is 0 Å². The Balaban J connectivity index is 1.36. The maximum Gasteiger partial charge on any atom is 0.407 e. The van der Waals surface area contributed by atoms with Crippen LogP contribution >= 0.6 is 0 Å². The quantitative estimate of drug-likeness (QED) is 0.571. The van der Waals surface area contributed by atoms with E-state index < -0.39 is 0 Å². The highest BCUT2D eigenvalue weighted by atomic mass is 16.6. The van der Waals surface area contributed by atoms with Gasteiger partial charge < -0.3 is 15.4 Å². The molecule has 4 rings (SSSR count). The fourth-order valence-electron chi connectivity index (χ4n) is 3.68. The third-order valence-corrected chi connectivity index (χ3v) is 5.08. The molecule has 3 heterocycles. The van der Waals surface area contributed by atoms with Crippen LogP contribution in [0, 0.1) is 6.92 Å². The normalized spacial score (nSPS) is 18.5. The van der Waals surface area contributed by atoms with Crippen molar-refractivity contribution >= 4 is 17.7 Å². The third-order valence-electron chi connectivity index (χ3n) is 5.08. The van der Waals surface area contributed by atoms with Gasteiger partial charge in [0.1, 0.15) is 11.9 Å². The van der Waals surface area contributed by atoms with Crippen molar-refractivity contribution in [2.45, 2.75) is 58.1 Å². The van der Waals surface area contributed by atoms with Gasteiger partial charge in [0, 0.05) is 42.2 Å². The minimum Gasteiger partial charge on any atom is -0.446 e. The monoisotopic (exact) mass is 409 g/mol. The number of alkyl carbamates (subject to hydrolysis) is 1. The zero-order valence-electron chi connectivity index (χ0n) is 17.4. The number of aromatic amines is 1. The van der Waals surface area contributed by atoms with Crippen molar-refractivity contribution in [1.82, 2.24) is 30.3 Å². The van der Waals surface area contributed by atoms with Gasteiger partial charge in [0.25, 0.3) is 0 Å². The number of hydrogen-bond donors (Lipinski definition) is 3. The summed E-state index contributed by atoms with van der Waals surface area (Å²) in [7, 11) is 0. The van der Waals surface area contributed by atoms with Crippen LogP contribution in [0.2, 0.25) is 0 Å². The molecule has 0 bridgehead atoms. The van der Waals surface area contributed by atoms with Gasteiger partial charge in [-0.25, -0.2) is 14.5 Å². The zero-order chi connectivity index (χ0) is 21.1. The molecule has 0 aromatic carbocycles. The molecule has 1 aliphatic carbocycles. The molecule has 9 heteroatoms. The maximum atomic E-state index is 11.8. The fourth-order valence-corrected chi connectivity index (χ4v) is 3.68. The average Bonchev–Trinajstić information content (AvgIpc) is 3.42. The molecule has 0 spiro atoms. The van der Waals surface area contributed by atoms with Crippen LogP contribution in [-0.4, -0.2) is 43.2 Å². The molecule has 1 amide bonds. The number of H-pyrrole nitrogens is 1. The lowest BCUT2D eigenvalue weighted by Gasteiger charge is -2.14. The average molecular weight is 409 g/mol. The Labute approximate surface area is 175 Å². The van der Waals surface area contributed by atoms with Crippen LogP contribution in [0.15, 0.2) is 36.8 Å². The largest absolute Gasteiger partial charge is 0.446 e. The van der Waals surface area contributed by atoms with E-state index in [1.807, 2.05) is 56.0 Å². The Kier molecular flexibility index (Phi) is 5.69. The summed E-state index contributed by atoms with van der Waals surface area (Å²) in [6, 6.07) is 5.89. The maximum absolute atomic E-state index is 11.8. The van der Waals surface area contributed by atoms with E-state index in [2.05, 4.69) is 30.9 Å². The van der Waals surface area contributed by atoms with Crippen LogP contribution in [0.4, 0.5) is 16.4 Å². The molecular weight excluding hydrogens is 382 g/mol. The molecular formula is C21H27N7O2. The first kappa shape index (κ1) is 19.9. The van der Waals surface area contributed by atoms with Crippen molar-refractivity contribution in [3.63, 3.8) is 0 Å². The third kappa shape index (κ3) is 4.79. The number of anilines is 2. The number of nitrogens with one attached hydrogen (secondary N) is 3. The van der Waals surface area contributed by atoms with Gasteiger partial charge >= 0.3 is 6.09 Å². The molecule has 30 heavy (non-hydrogen) atoms. The van der Waals surface area contributed by atoms with E-state index in [1.165, 1.54) is 0 Å². The molecule has 3 N–H and O–H groups in total. The Hall–Kier alpha value is -3.36. The molecule has 0 radical (unpaired) electrons. The van der Waals surface area contributed by atoms with Crippen molar-refractivity contribution < 1.29 is 9.53 Å². The van der Waals surface area contributed by atoms with Gasteiger partial charge in [-0.05, 0) is 51.7 Å². The second-order valence-corrected chi connectivity index (χ2v) is 8.03. The van der Waals surface area contributed by atoms with Crippen LogP contribution in [0.3, 0.4) is 0 Å². The first-order chi connectivity index (χ1) is 14.5. The fraction of sp³-hybridized carbons (Fsp3) is 0.429. The van der Waals surface area contributed by atoms with Gasteiger partial charge in [-0.15, -0.1) is 0 Å². The van der Waals surface area contributed by atoms with E-state index in [0.717, 1.165) is 36.2 Å². The summed E-state index contributed by atoms with van der Waals surface area (Å²) in [5.74, 6) is 1.68. The number of carbonyl (C=O) groups excluding carboxylic acids is 1. The molecule has 1 aliphatic rings. The van der Waals surface area contributed by atoms with Gasteiger partial charge in [0.15, 0.2) is 5.82 Å². The van der Waals surface area contributed by atoms with E-state index in [9.17, 15) is 4.79 Å². The number of hydrogen-bond acceptors (Lipinski definition) is 6. The number of aromatic nitrogens is 5. The number of ether oxygens (including phenoxy) is 1. The lowest BCUT2D eigenvalue weighted by atomic mass is 10.0. The van der Waals surface area contributed by atoms with E-state index in [4.69, 9.17) is 4.74 Å². The highest BCUT2D eigenvalue weighted by Crippen LogP contribution is 2.36. The number of amides is 1. The molecule has 1 saturated carbocycles. The van der Waals surface area contributed by atoms with Crippen LogP contribution in [-0.2, 0) is 4.74 Å². The lowest BCUT2D eigenvalue weighted by molar-refractivity contribution is 0.0981. The summed E-state index contributed by atoms with van der Waals surface area (Å²) in [5.41, 5.74) is 3.05. The second-order valence-electron chi connectivity index (χ2n) is 8.03. The molecule has 0 unspecified atom stereocenters. The highest BCUT2D eigenvalue weighted by Gasteiger charge is 2.30. The molecule has 9 nitrogen and oxygen atoms in total. The number of rotatable bonds is 6. The van der Waals surface area contributed by atoms with Gasteiger partial charge in [-0.1, -0.05) is 0 Å². The van der Waals surface area contributed by atoms with Crippen molar-refractivity contribution in [2.24, 2.45) is 0 Å². The minimum absolute atomic E-state index is 0.0654. The lowest BCUT2D eigenvalue weighted by Crippen LogP contribution is -2.33. The van der Waals surface area contributed by atoms with Gasteiger partial charge in [0.05, 0.1) is 11.9 Å². The Bertz CT molecular complexity index is 1010. The van der Waals surface area contributed by atoms with E-state index in [-0.39, 0.29) is 24.2 Å². The van der Waals surface area contributed by atoms with Gasteiger partial charge in [-0.3, -0.25) is 5.10 Å². The summed E-state index contributed by atoms with van der Waals surface area (Å²) in [5, 5.41) is 17.8. The van der Waals surface area contributed by atoms with Crippen LogP contribution in [0.25, 0.3) is 5.69 Å². The molecule has 158 valence electrons. The smallest absolute Gasteiger partial charge is 0.407 e. The van der Waals surface area contributed by atoms with Crippen molar-refractivity contribution in [2.75, 3.05) is 5.32 Å². The first-order valence-electron chi connectivity index (χ1n) is 10.2. The predicted octanol–water partition coefficient (Wildman–Crippen LogP) is 3.81.